The number of halogens is 2. The van der Waals surface area contributed by atoms with Crippen molar-refractivity contribution in [3.63, 3.8) is 0 Å². The molecule has 2 rings (SSSR count). The minimum Gasteiger partial charge on any atom is -0.358 e. The SMILES string of the molecule is CNC(=O)[C@@H]1C[C@@H](NCc2c(F)cccc2F)CN1C(C)C. The van der Waals surface area contributed by atoms with Crippen LogP contribution in [0.2, 0.25) is 0 Å². The molecule has 2 N–H and O–H groups in total. The lowest BCUT2D eigenvalue weighted by molar-refractivity contribution is -0.125. The summed E-state index contributed by atoms with van der Waals surface area (Å²) in [6.45, 7) is 4.88. The largest absolute Gasteiger partial charge is 0.358 e. The zero-order valence-corrected chi connectivity index (χ0v) is 13.2. The van der Waals surface area contributed by atoms with Gasteiger partial charge in [-0.25, -0.2) is 8.78 Å². The van der Waals surface area contributed by atoms with Crippen LogP contribution in [0, 0.1) is 11.6 Å². The number of carbonyl (C=O) groups is 1. The maximum Gasteiger partial charge on any atom is 0.237 e. The van der Waals surface area contributed by atoms with E-state index in [1.165, 1.54) is 18.2 Å². The molecule has 1 aromatic rings. The second kappa shape index (κ2) is 7.15. The van der Waals surface area contributed by atoms with Crippen molar-refractivity contribution < 1.29 is 13.6 Å². The normalized spacial score (nSPS) is 22.3. The summed E-state index contributed by atoms with van der Waals surface area (Å²) in [5.74, 6) is -1.11. The van der Waals surface area contributed by atoms with Gasteiger partial charge >= 0.3 is 0 Å². The van der Waals surface area contributed by atoms with Gasteiger partial charge in [-0.05, 0) is 32.4 Å². The van der Waals surface area contributed by atoms with Crippen molar-refractivity contribution in [2.45, 2.75) is 44.9 Å². The number of benzene rings is 1. The van der Waals surface area contributed by atoms with Crippen LogP contribution in [0.4, 0.5) is 8.78 Å². The van der Waals surface area contributed by atoms with E-state index in [1.54, 1.807) is 7.05 Å². The molecular formula is C16H23F2N3O. The summed E-state index contributed by atoms with van der Waals surface area (Å²) in [5, 5.41) is 5.85. The maximum atomic E-state index is 13.6. The van der Waals surface area contributed by atoms with Gasteiger partial charge in [0.15, 0.2) is 0 Å². The number of nitrogens with zero attached hydrogens (tertiary/aromatic N) is 1. The number of likely N-dealkylation sites (tertiary alicyclic amines) is 1. The van der Waals surface area contributed by atoms with Crippen LogP contribution in [0.5, 0.6) is 0 Å². The molecular weight excluding hydrogens is 288 g/mol. The van der Waals surface area contributed by atoms with E-state index >= 15 is 0 Å². The summed E-state index contributed by atoms with van der Waals surface area (Å²) in [6, 6.07) is 3.92. The van der Waals surface area contributed by atoms with Gasteiger partial charge in [-0.15, -0.1) is 0 Å². The quantitative estimate of drug-likeness (QED) is 0.869. The number of rotatable bonds is 5. The van der Waals surface area contributed by atoms with Gasteiger partial charge in [0.2, 0.25) is 5.91 Å². The highest BCUT2D eigenvalue weighted by atomic mass is 19.1. The molecule has 1 aromatic carbocycles. The highest BCUT2D eigenvalue weighted by Gasteiger charge is 2.37. The molecule has 1 saturated heterocycles. The van der Waals surface area contributed by atoms with Crippen LogP contribution in [-0.2, 0) is 11.3 Å². The third kappa shape index (κ3) is 3.62. The van der Waals surface area contributed by atoms with E-state index in [2.05, 4.69) is 15.5 Å². The highest BCUT2D eigenvalue weighted by molar-refractivity contribution is 5.81. The fraction of sp³-hybridized carbons (Fsp3) is 0.562. The van der Waals surface area contributed by atoms with Crippen molar-refractivity contribution in [3.05, 3.63) is 35.4 Å². The molecule has 0 bridgehead atoms. The maximum absolute atomic E-state index is 13.6. The second-order valence-corrected chi connectivity index (χ2v) is 5.93. The zero-order chi connectivity index (χ0) is 16.3. The predicted molar refractivity (Wildman–Crippen MR) is 81.3 cm³/mol. The van der Waals surface area contributed by atoms with Gasteiger partial charge in [-0.1, -0.05) is 6.07 Å². The van der Waals surface area contributed by atoms with E-state index in [9.17, 15) is 13.6 Å². The van der Waals surface area contributed by atoms with Gasteiger partial charge in [-0.3, -0.25) is 9.69 Å². The predicted octanol–water partition coefficient (Wildman–Crippen LogP) is 1.65. The Morgan fingerprint density at radius 3 is 2.55 bits per heavy atom. The molecule has 1 aliphatic heterocycles. The molecule has 0 aliphatic carbocycles. The second-order valence-electron chi connectivity index (χ2n) is 5.93. The molecule has 22 heavy (non-hydrogen) atoms. The molecule has 1 amide bonds. The van der Waals surface area contributed by atoms with Gasteiger partial charge in [0.05, 0.1) is 6.04 Å². The van der Waals surface area contributed by atoms with Crippen molar-refractivity contribution in [3.8, 4) is 0 Å². The lowest BCUT2D eigenvalue weighted by Gasteiger charge is -2.26. The van der Waals surface area contributed by atoms with Gasteiger partial charge in [0, 0.05) is 37.8 Å². The van der Waals surface area contributed by atoms with Gasteiger partial charge in [0.1, 0.15) is 11.6 Å². The topological polar surface area (TPSA) is 44.4 Å². The molecule has 2 atom stereocenters. The summed E-state index contributed by atoms with van der Waals surface area (Å²) in [5.41, 5.74) is 0.0435. The Bertz CT molecular complexity index is 516. The average Bonchev–Trinajstić information content (AvgIpc) is 2.90. The molecule has 0 spiro atoms. The summed E-state index contributed by atoms with van der Waals surface area (Å²) in [7, 11) is 1.62. The van der Waals surface area contributed by atoms with Crippen molar-refractivity contribution in [1.82, 2.24) is 15.5 Å². The van der Waals surface area contributed by atoms with E-state index in [4.69, 9.17) is 0 Å². The molecule has 4 nitrogen and oxygen atoms in total. The Morgan fingerprint density at radius 1 is 1.36 bits per heavy atom. The van der Waals surface area contributed by atoms with E-state index < -0.39 is 11.6 Å². The standard InChI is InChI=1S/C16H23F2N3O/c1-10(2)21-9-11(7-15(21)16(22)19-3)20-8-12-13(17)5-4-6-14(12)18/h4-6,10-11,15,20H,7-9H2,1-3H3,(H,19,22)/t11-,15+/m1/s1. The van der Waals surface area contributed by atoms with Crippen LogP contribution < -0.4 is 10.6 Å². The van der Waals surface area contributed by atoms with Crippen molar-refractivity contribution in [1.29, 1.82) is 0 Å². The van der Waals surface area contributed by atoms with Crippen LogP contribution in [0.15, 0.2) is 18.2 Å². The first-order chi connectivity index (χ1) is 10.4. The Hall–Kier alpha value is -1.53. The van der Waals surface area contributed by atoms with Gasteiger partial charge < -0.3 is 10.6 Å². The summed E-state index contributed by atoms with van der Waals surface area (Å²) in [6.07, 6.45) is 0.633. The van der Waals surface area contributed by atoms with Gasteiger partial charge in [0.25, 0.3) is 0 Å². The van der Waals surface area contributed by atoms with E-state index in [1.807, 2.05) is 13.8 Å². The number of amides is 1. The molecule has 1 fully saturated rings. The molecule has 0 radical (unpaired) electrons. The van der Waals surface area contributed by atoms with Gasteiger partial charge in [-0.2, -0.15) is 0 Å². The number of hydrogen-bond acceptors (Lipinski definition) is 3. The molecule has 0 aromatic heterocycles. The highest BCUT2D eigenvalue weighted by Crippen LogP contribution is 2.21. The van der Waals surface area contributed by atoms with Crippen molar-refractivity contribution in [2.75, 3.05) is 13.6 Å². The number of likely N-dealkylation sites (N-methyl/N-ethyl adjacent to an activating group) is 1. The Labute approximate surface area is 129 Å². The third-order valence-electron chi connectivity index (χ3n) is 4.18. The average molecular weight is 311 g/mol. The van der Waals surface area contributed by atoms with E-state index in [0.717, 1.165) is 0 Å². The Morgan fingerprint density at radius 2 is 2.00 bits per heavy atom. The third-order valence-corrected chi connectivity index (χ3v) is 4.18. The summed E-state index contributed by atoms with van der Waals surface area (Å²) in [4.78, 5) is 14.1. The number of carbonyl (C=O) groups excluding carboxylic acids is 1. The summed E-state index contributed by atoms with van der Waals surface area (Å²) >= 11 is 0. The van der Waals surface area contributed by atoms with Crippen LogP contribution >= 0.6 is 0 Å². The fourth-order valence-corrected chi connectivity index (χ4v) is 2.95. The smallest absolute Gasteiger partial charge is 0.237 e. The van der Waals surface area contributed by atoms with Crippen molar-refractivity contribution in [2.24, 2.45) is 0 Å². The molecule has 1 aliphatic rings. The molecule has 6 heteroatoms. The lowest BCUT2D eigenvalue weighted by atomic mass is 10.1. The first-order valence-electron chi connectivity index (χ1n) is 7.57. The Kier molecular flexibility index (Phi) is 5.47. The van der Waals surface area contributed by atoms with Crippen molar-refractivity contribution >= 4 is 5.91 Å². The minimum absolute atomic E-state index is 0.0185. The molecule has 0 unspecified atom stereocenters. The van der Waals surface area contributed by atoms with Crippen LogP contribution in [0.3, 0.4) is 0 Å². The van der Waals surface area contributed by atoms with E-state index in [-0.39, 0.29) is 36.1 Å². The lowest BCUT2D eigenvalue weighted by Crippen LogP contribution is -2.45. The first kappa shape index (κ1) is 16.8. The number of hydrogen-bond donors (Lipinski definition) is 2. The summed E-state index contributed by atoms with van der Waals surface area (Å²) < 4.78 is 27.3. The van der Waals surface area contributed by atoms with E-state index in [0.29, 0.717) is 13.0 Å². The minimum atomic E-state index is -0.547. The molecule has 1 heterocycles. The van der Waals surface area contributed by atoms with Crippen LogP contribution in [-0.4, -0.2) is 42.5 Å². The molecule has 122 valence electrons. The van der Waals surface area contributed by atoms with Crippen LogP contribution in [0.1, 0.15) is 25.8 Å². The number of nitrogens with one attached hydrogen (secondary N) is 2. The monoisotopic (exact) mass is 311 g/mol. The Balaban J connectivity index is 2.01. The molecule has 0 saturated carbocycles. The first-order valence-corrected chi connectivity index (χ1v) is 7.57. The van der Waals surface area contributed by atoms with Crippen LogP contribution in [0.25, 0.3) is 0 Å². The fourth-order valence-electron chi connectivity index (χ4n) is 2.95. The zero-order valence-electron chi connectivity index (χ0n) is 13.2.